The van der Waals surface area contributed by atoms with Crippen molar-refractivity contribution in [3.63, 3.8) is 0 Å². The predicted octanol–water partition coefficient (Wildman–Crippen LogP) is 6.61. The summed E-state index contributed by atoms with van der Waals surface area (Å²) in [6, 6.07) is 10.1. The van der Waals surface area contributed by atoms with Crippen LogP contribution in [0.3, 0.4) is 0 Å². The highest BCUT2D eigenvalue weighted by atomic mass is 35.5. The third-order valence-electron chi connectivity index (χ3n) is 7.43. The van der Waals surface area contributed by atoms with Gasteiger partial charge < -0.3 is 9.84 Å². The lowest BCUT2D eigenvalue weighted by Gasteiger charge is -2.29. The fourth-order valence-electron chi connectivity index (χ4n) is 4.91. The molecule has 1 atom stereocenters. The monoisotopic (exact) mass is 563 g/mol. The maximum absolute atomic E-state index is 13.7. The van der Waals surface area contributed by atoms with Gasteiger partial charge in [-0.3, -0.25) is 9.78 Å². The number of rotatable bonds is 10. The molecular weight excluding hydrogens is 531 g/mol. The Morgan fingerprint density at radius 1 is 1.13 bits per heavy atom. The zero-order chi connectivity index (χ0) is 28.4. The summed E-state index contributed by atoms with van der Waals surface area (Å²) in [5, 5.41) is 14.1. The molecule has 4 rings (SSSR count). The van der Waals surface area contributed by atoms with Gasteiger partial charge in [0, 0.05) is 35.9 Å². The van der Waals surface area contributed by atoms with Gasteiger partial charge in [-0.2, -0.15) is 18.3 Å². The van der Waals surface area contributed by atoms with Crippen LogP contribution in [0.1, 0.15) is 72.8 Å². The third-order valence-corrected chi connectivity index (χ3v) is 7.65. The topological polar surface area (TPSA) is 77.2 Å². The van der Waals surface area contributed by atoms with E-state index in [0.717, 1.165) is 38.8 Å². The van der Waals surface area contributed by atoms with Crippen molar-refractivity contribution in [2.24, 2.45) is 7.05 Å². The zero-order valence-corrected chi connectivity index (χ0v) is 23.1. The second-order valence-electron chi connectivity index (χ2n) is 10.7. The number of benzene rings is 1. The molecule has 2 aromatic heterocycles. The molecule has 1 N–H and O–H groups in total. The van der Waals surface area contributed by atoms with Gasteiger partial charge in [0.2, 0.25) is 5.88 Å². The van der Waals surface area contributed by atoms with Gasteiger partial charge in [0.05, 0.1) is 24.1 Å². The highest BCUT2D eigenvalue weighted by Crippen LogP contribution is 2.42. The number of aliphatic carboxylic acids is 1. The van der Waals surface area contributed by atoms with Crippen LogP contribution in [0, 0.1) is 0 Å². The maximum Gasteiger partial charge on any atom is 0.397 e. The van der Waals surface area contributed by atoms with E-state index in [9.17, 15) is 23.1 Å². The summed E-state index contributed by atoms with van der Waals surface area (Å²) < 4.78 is 48.6. The van der Waals surface area contributed by atoms with Crippen LogP contribution in [0.4, 0.5) is 13.2 Å². The predicted molar refractivity (Wildman–Crippen MR) is 143 cm³/mol. The molecule has 2 heterocycles. The summed E-state index contributed by atoms with van der Waals surface area (Å²) in [6.45, 7) is 2.56. The standard InChI is InChI=1S/C29H33ClF3N3O3/c1-28(2,29(31,32)33)21-12-19(13-22(30)16-21)20(15-27(37)38)14-24-17-26(36(3)35-24)39-11-10-23-9-8-18-6-4-5-7-25(18)34-23/h8-9,12-13,16-17,20H,4-7,10-11,14-15H2,1-3H3,(H,37,38). The molecule has 0 radical (unpaired) electrons. The summed E-state index contributed by atoms with van der Waals surface area (Å²) in [6.07, 6.45) is 0.499. The average molecular weight is 564 g/mol. The van der Waals surface area contributed by atoms with Crippen molar-refractivity contribution >= 4 is 17.6 Å². The lowest BCUT2D eigenvalue weighted by atomic mass is 9.81. The first-order chi connectivity index (χ1) is 18.3. The number of ether oxygens (including phenoxy) is 1. The molecule has 10 heteroatoms. The van der Waals surface area contributed by atoms with E-state index in [-0.39, 0.29) is 23.4 Å². The molecule has 0 amide bonds. The zero-order valence-electron chi connectivity index (χ0n) is 22.3. The fourth-order valence-corrected chi connectivity index (χ4v) is 5.16. The second-order valence-corrected chi connectivity index (χ2v) is 11.1. The number of alkyl halides is 3. The Kier molecular flexibility index (Phi) is 8.59. The number of carboxylic acids is 1. The van der Waals surface area contributed by atoms with Gasteiger partial charge in [-0.05, 0) is 86.8 Å². The Morgan fingerprint density at radius 2 is 1.87 bits per heavy atom. The molecule has 1 unspecified atom stereocenters. The number of nitrogens with zero attached hydrogens (tertiary/aromatic N) is 3. The van der Waals surface area contributed by atoms with E-state index in [0.29, 0.717) is 30.2 Å². The van der Waals surface area contributed by atoms with E-state index < -0.39 is 23.5 Å². The molecule has 0 spiro atoms. The molecule has 0 aliphatic heterocycles. The van der Waals surface area contributed by atoms with Crippen LogP contribution in [-0.2, 0) is 42.9 Å². The van der Waals surface area contributed by atoms with Crippen molar-refractivity contribution in [2.75, 3.05) is 6.61 Å². The van der Waals surface area contributed by atoms with E-state index in [4.69, 9.17) is 21.3 Å². The first-order valence-electron chi connectivity index (χ1n) is 13.1. The van der Waals surface area contributed by atoms with Crippen LogP contribution in [0.2, 0.25) is 5.02 Å². The number of hydrogen-bond acceptors (Lipinski definition) is 4. The van der Waals surface area contributed by atoms with Gasteiger partial charge in [-0.15, -0.1) is 0 Å². The molecule has 0 fully saturated rings. The van der Waals surface area contributed by atoms with Crippen molar-refractivity contribution in [2.45, 2.75) is 76.3 Å². The van der Waals surface area contributed by atoms with Crippen LogP contribution in [0.15, 0.2) is 36.4 Å². The Morgan fingerprint density at radius 3 is 2.59 bits per heavy atom. The number of aryl methyl sites for hydroxylation is 3. The maximum atomic E-state index is 13.7. The van der Waals surface area contributed by atoms with Crippen LogP contribution >= 0.6 is 11.6 Å². The summed E-state index contributed by atoms with van der Waals surface area (Å²) >= 11 is 6.21. The number of pyridine rings is 1. The number of halogens is 4. The van der Waals surface area contributed by atoms with Gasteiger partial charge in [0.25, 0.3) is 0 Å². The minimum atomic E-state index is -4.50. The highest BCUT2D eigenvalue weighted by Gasteiger charge is 2.48. The number of aromatic nitrogens is 3. The van der Waals surface area contributed by atoms with Crippen molar-refractivity contribution in [1.82, 2.24) is 14.8 Å². The first kappa shape index (κ1) is 28.9. The Bertz CT molecular complexity index is 1340. The Hall–Kier alpha value is -3.07. The Balaban J connectivity index is 1.48. The molecule has 1 aliphatic carbocycles. The lowest BCUT2D eigenvalue weighted by molar-refractivity contribution is -0.180. The van der Waals surface area contributed by atoms with E-state index in [1.165, 1.54) is 35.9 Å². The number of hydrogen-bond donors (Lipinski definition) is 1. The van der Waals surface area contributed by atoms with Gasteiger partial charge in [0.15, 0.2) is 0 Å². The third kappa shape index (κ3) is 6.93. The first-order valence-corrected chi connectivity index (χ1v) is 13.4. The quantitative estimate of drug-likeness (QED) is 0.300. The average Bonchev–Trinajstić information content (AvgIpc) is 3.20. The van der Waals surface area contributed by atoms with E-state index in [1.54, 1.807) is 17.8 Å². The molecule has 39 heavy (non-hydrogen) atoms. The van der Waals surface area contributed by atoms with Crippen molar-refractivity contribution in [3.05, 3.63) is 75.2 Å². The van der Waals surface area contributed by atoms with Gasteiger partial charge in [-0.25, -0.2) is 4.68 Å². The largest absolute Gasteiger partial charge is 0.481 e. The van der Waals surface area contributed by atoms with Crippen LogP contribution in [-0.4, -0.2) is 38.6 Å². The molecular formula is C29H33ClF3N3O3. The number of carbonyl (C=O) groups is 1. The number of carboxylic acid groups (broad SMARTS) is 1. The summed E-state index contributed by atoms with van der Waals surface area (Å²) in [4.78, 5) is 16.4. The summed E-state index contributed by atoms with van der Waals surface area (Å²) in [5.74, 6) is -1.19. The van der Waals surface area contributed by atoms with Crippen molar-refractivity contribution in [3.8, 4) is 5.88 Å². The van der Waals surface area contributed by atoms with Gasteiger partial charge >= 0.3 is 12.1 Å². The fraction of sp³-hybridized carbons (Fsp3) is 0.483. The molecule has 3 aromatic rings. The smallest absolute Gasteiger partial charge is 0.397 e. The van der Waals surface area contributed by atoms with E-state index in [2.05, 4.69) is 11.2 Å². The molecule has 210 valence electrons. The molecule has 1 aliphatic rings. The minimum Gasteiger partial charge on any atom is -0.481 e. The van der Waals surface area contributed by atoms with Crippen molar-refractivity contribution < 1.29 is 27.8 Å². The highest BCUT2D eigenvalue weighted by molar-refractivity contribution is 6.30. The number of fused-ring (bicyclic) bond motifs is 1. The van der Waals surface area contributed by atoms with Crippen molar-refractivity contribution in [1.29, 1.82) is 0 Å². The second kappa shape index (κ2) is 11.6. The summed E-state index contributed by atoms with van der Waals surface area (Å²) in [5.41, 5.74) is 2.29. The minimum absolute atomic E-state index is 0.0197. The molecule has 6 nitrogen and oxygen atoms in total. The molecule has 0 saturated heterocycles. The normalized spacial score (nSPS) is 14.6. The van der Waals surface area contributed by atoms with Crippen LogP contribution in [0.5, 0.6) is 5.88 Å². The van der Waals surface area contributed by atoms with Crippen LogP contribution < -0.4 is 4.74 Å². The molecule has 0 saturated carbocycles. The Labute approximate surface area is 231 Å². The van der Waals surface area contributed by atoms with E-state index >= 15 is 0 Å². The summed E-state index contributed by atoms with van der Waals surface area (Å²) in [7, 11) is 1.73. The SMILES string of the molecule is Cn1nc(CC(CC(=O)O)c2cc(Cl)cc(C(C)(C)C(F)(F)F)c2)cc1OCCc1ccc2c(n1)CCCC2. The van der Waals surface area contributed by atoms with Gasteiger partial charge in [0.1, 0.15) is 0 Å². The molecule has 1 aromatic carbocycles. The van der Waals surface area contributed by atoms with Gasteiger partial charge in [-0.1, -0.05) is 23.7 Å². The molecule has 0 bridgehead atoms. The van der Waals surface area contributed by atoms with Crippen LogP contribution in [0.25, 0.3) is 0 Å². The van der Waals surface area contributed by atoms with E-state index in [1.807, 2.05) is 6.07 Å². The lowest BCUT2D eigenvalue weighted by Crippen LogP contribution is -2.36.